The van der Waals surface area contributed by atoms with E-state index < -0.39 is 26.6 Å². The van der Waals surface area contributed by atoms with Crippen molar-refractivity contribution in [3.8, 4) is 0 Å². The molecule has 7 heteroatoms. The van der Waals surface area contributed by atoms with Crippen molar-refractivity contribution >= 4 is 10.0 Å². The minimum absolute atomic E-state index is 0.546. The van der Waals surface area contributed by atoms with Crippen LogP contribution in [0.2, 0.25) is 0 Å². The zero-order valence-corrected chi connectivity index (χ0v) is 7.11. The zero-order chi connectivity index (χ0) is 10.1. The van der Waals surface area contributed by atoms with Crippen LogP contribution in [0.5, 0.6) is 0 Å². The number of halogens is 2. The smallest absolute Gasteiger partial charge is 0.256 e. The van der Waals surface area contributed by atoms with Crippen LogP contribution in [-0.2, 0) is 10.0 Å². The molecule has 1 aromatic rings. The van der Waals surface area contributed by atoms with Crippen LogP contribution in [0.1, 0.15) is 0 Å². The zero-order valence-electron chi connectivity index (χ0n) is 6.29. The third-order valence-electron chi connectivity index (χ3n) is 1.34. The molecule has 0 aliphatic carbocycles. The minimum Gasteiger partial charge on any atom is -0.257 e. The Labute approximate surface area is 73.4 Å². The van der Waals surface area contributed by atoms with Crippen LogP contribution in [0.4, 0.5) is 8.78 Å². The Morgan fingerprint density at radius 2 is 1.92 bits per heavy atom. The first-order valence-electron chi connectivity index (χ1n) is 3.15. The van der Waals surface area contributed by atoms with Gasteiger partial charge in [0.25, 0.3) is 10.0 Å². The van der Waals surface area contributed by atoms with Crippen molar-refractivity contribution in [3.05, 3.63) is 29.8 Å². The first-order valence-corrected chi connectivity index (χ1v) is 4.63. The van der Waals surface area contributed by atoms with Crippen LogP contribution in [0, 0.1) is 11.6 Å². The molecule has 0 saturated carbocycles. The summed E-state index contributed by atoms with van der Waals surface area (Å²) in [6.45, 7) is 0. The van der Waals surface area contributed by atoms with Gasteiger partial charge in [-0.15, -0.1) is 4.83 Å². The Morgan fingerprint density at radius 3 is 2.46 bits per heavy atom. The highest BCUT2D eigenvalue weighted by Gasteiger charge is 2.17. The SMILES string of the molecule is NNS(=O)(=O)c1cc(F)ccc1F. The second-order valence-electron chi connectivity index (χ2n) is 2.20. The number of nitrogens with one attached hydrogen (secondary N) is 1. The maximum Gasteiger partial charge on any atom is 0.256 e. The highest BCUT2D eigenvalue weighted by Crippen LogP contribution is 2.14. The average Bonchev–Trinajstić information content (AvgIpc) is 2.09. The van der Waals surface area contributed by atoms with Gasteiger partial charge in [-0.2, -0.15) is 0 Å². The van der Waals surface area contributed by atoms with Gasteiger partial charge in [-0.3, -0.25) is 5.84 Å². The van der Waals surface area contributed by atoms with E-state index in [0.717, 1.165) is 6.07 Å². The van der Waals surface area contributed by atoms with Gasteiger partial charge >= 0.3 is 0 Å². The highest BCUT2D eigenvalue weighted by atomic mass is 32.2. The normalized spacial score (nSPS) is 11.6. The lowest BCUT2D eigenvalue weighted by molar-refractivity contribution is 0.547. The van der Waals surface area contributed by atoms with E-state index in [0.29, 0.717) is 12.1 Å². The summed E-state index contributed by atoms with van der Waals surface area (Å²) >= 11 is 0. The molecule has 0 saturated heterocycles. The van der Waals surface area contributed by atoms with Crippen LogP contribution < -0.4 is 10.7 Å². The molecule has 4 nitrogen and oxygen atoms in total. The molecule has 0 bridgehead atoms. The van der Waals surface area contributed by atoms with Crippen molar-refractivity contribution in [2.45, 2.75) is 4.90 Å². The standard InChI is InChI=1S/C6H6F2N2O2S/c7-4-1-2-5(8)6(3-4)13(11,12)10-9/h1-3,10H,9H2. The Balaban J connectivity index is 3.38. The highest BCUT2D eigenvalue weighted by molar-refractivity contribution is 7.89. The fourth-order valence-electron chi connectivity index (χ4n) is 0.747. The van der Waals surface area contributed by atoms with Gasteiger partial charge in [0.15, 0.2) is 0 Å². The number of nitrogens with two attached hydrogens (primary N) is 1. The summed E-state index contributed by atoms with van der Waals surface area (Å²) in [5.41, 5.74) is 0. The quantitative estimate of drug-likeness (QED) is 0.535. The number of hydrogen-bond acceptors (Lipinski definition) is 3. The molecule has 0 amide bonds. The predicted octanol–water partition coefficient (Wildman–Crippen LogP) is 0.117. The van der Waals surface area contributed by atoms with Gasteiger partial charge in [0.2, 0.25) is 0 Å². The predicted molar refractivity (Wildman–Crippen MR) is 40.9 cm³/mol. The van der Waals surface area contributed by atoms with Crippen LogP contribution in [0.25, 0.3) is 0 Å². The Morgan fingerprint density at radius 1 is 1.31 bits per heavy atom. The van der Waals surface area contributed by atoms with Crippen molar-refractivity contribution in [3.63, 3.8) is 0 Å². The van der Waals surface area contributed by atoms with Crippen LogP contribution in [0.3, 0.4) is 0 Å². The van der Waals surface area contributed by atoms with Gasteiger partial charge in [-0.05, 0) is 18.2 Å². The fourth-order valence-corrected chi connectivity index (χ4v) is 1.47. The molecule has 1 aromatic carbocycles. The second kappa shape index (κ2) is 3.36. The van der Waals surface area contributed by atoms with Gasteiger partial charge < -0.3 is 0 Å². The van der Waals surface area contributed by atoms with Crippen molar-refractivity contribution in [1.82, 2.24) is 4.83 Å². The topological polar surface area (TPSA) is 72.2 Å². The van der Waals surface area contributed by atoms with E-state index in [1.165, 1.54) is 4.83 Å². The minimum atomic E-state index is -4.14. The molecule has 3 N–H and O–H groups in total. The van der Waals surface area contributed by atoms with Gasteiger partial charge in [0, 0.05) is 0 Å². The summed E-state index contributed by atoms with van der Waals surface area (Å²) in [5.74, 6) is 2.72. The molecule has 72 valence electrons. The number of hydrogen-bond donors (Lipinski definition) is 2. The summed E-state index contributed by atoms with van der Waals surface area (Å²) < 4.78 is 47.2. The van der Waals surface area contributed by atoms with Gasteiger partial charge in [0.1, 0.15) is 16.5 Å². The summed E-state index contributed by atoms with van der Waals surface area (Å²) in [6.07, 6.45) is 0. The summed E-state index contributed by atoms with van der Waals surface area (Å²) in [7, 11) is -4.14. The maximum absolute atomic E-state index is 12.8. The molecule has 1 rings (SSSR count). The van der Waals surface area contributed by atoms with E-state index in [4.69, 9.17) is 0 Å². The van der Waals surface area contributed by atoms with E-state index in [1.54, 1.807) is 0 Å². The summed E-state index contributed by atoms with van der Waals surface area (Å²) in [6, 6.07) is 2.06. The molecule has 0 aromatic heterocycles. The molecule has 13 heavy (non-hydrogen) atoms. The molecule has 0 unspecified atom stereocenters. The number of benzene rings is 1. The second-order valence-corrected chi connectivity index (χ2v) is 3.88. The number of rotatable bonds is 2. The molecule has 0 atom stereocenters. The average molecular weight is 208 g/mol. The Kier molecular flexibility index (Phi) is 2.60. The molecule has 0 radical (unpaired) electrons. The van der Waals surface area contributed by atoms with Crippen molar-refractivity contribution in [1.29, 1.82) is 0 Å². The third-order valence-corrected chi connectivity index (χ3v) is 2.54. The lowest BCUT2D eigenvalue weighted by Crippen LogP contribution is -2.30. The lowest BCUT2D eigenvalue weighted by atomic mass is 10.3. The van der Waals surface area contributed by atoms with Crippen LogP contribution >= 0.6 is 0 Å². The van der Waals surface area contributed by atoms with E-state index in [-0.39, 0.29) is 0 Å². The van der Waals surface area contributed by atoms with E-state index in [9.17, 15) is 17.2 Å². The largest absolute Gasteiger partial charge is 0.257 e. The van der Waals surface area contributed by atoms with Crippen molar-refractivity contribution in [2.75, 3.05) is 0 Å². The molecule has 0 fully saturated rings. The van der Waals surface area contributed by atoms with Crippen LogP contribution in [-0.4, -0.2) is 8.42 Å². The van der Waals surface area contributed by atoms with Gasteiger partial charge in [-0.25, -0.2) is 17.2 Å². The fraction of sp³-hybridized carbons (Fsp3) is 0. The van der Waals surface area contributed by atoms with E-state index in [2.05, 4.69) is 5.84 Å². The molecular weight excluding hydrogens is 202 g/mol. The summed E-state index contributed by atoms with van der Waals surface area (Å²) in [4.78, 5) is 0.581. The number of sulfonamides is 1. The van der Waals surface area contributed by atoms with Gasteiger partial charge in [-0.1, -0.05) is 0 Å². The van der Waals surface area contributed by atoms with Crippen molar-refractivity contribution < 1.29 is 17.2 Å². The molecule has 0 heterocycles. The Bertz CT molecular complexity index is 419. The molecule has 0 spiro atoms. The van der Waals surface area contributed by atoms with Crippen LogP contribution in [0.15, 0.2) is 23.1 Å². The first kappa shape index (κ1) is 10.0. The molecule has 0 aliphatic rings. The lowest BCUT2D eigenvalue weighted by Gasteiger charge is -2.02. The molecule has 0 aliphatic heterocycles. The maximum atomic E-state index is 12.8. The van der Waals surface area contributed by atoms with Crippen molar-refractivity contribution in [2.24, 2.45) is 5.84 Å². The van der Waals surface area contributed by atoms with E-state index >= 15 is 0 Å². The third kappa shape index (κ3) is 2.00. The van der Waals surface area contributed by atoms with Gasteiger partial charge in [0.05, 0.1) is 0 Å². The monoisotopic (exact) mass is 208 g/mol. The Hall–Kier alpha value is -1.05. The summed E-state index contributed by atoms with van der Waals surface area (Å²) in [5, 5.41) is 0. The van der Waals surface area contributed by atoms with E-state index in [1.807, 2.05) is 0 Å². The molecular formula is C6H6F2N2O2S. The number of hydrazine groups is 1. The first-order chi connectivity index (χ1) is 5.97.